The molecule has 2 fully saturated rings. The number of halogens is 6. The third-order valence-electron chi connectivity index (χ3n) is 10.8. The summed E-state index contributed by atoms with van der Waals surface area (Å²) in [6.45, 7) is 4.97. The van der Waals surface area contributed by atoms with Gasteiger partial charge in [0.1, 0.15) is 23.0 Å². The number of likely N-dealkylation sites (tertiary alicyclic amines) is 1. The first-order valence-corrected chi connectivity index (χ1v) is 17.4. The highest BCUT2D eigenvalue weighted by atomic mass is 19.4. The van der Waals surface area contributed by atoms with Crippen molar-refractivity contribution in [3.05, 3.63) is 59.7 Å². The van der Waals surface area contributed by atoms with E-state index in [2.05, 4.69) is 36.0 Å². The molecule has 0 radical (unpaired) electrons. The van der Waals surface area contributed by atoms with Crippen molar-refractivity contribution in [1.29, 1.82) is 0 Å². The highest BCUT2D eigenvalue weighted by Gasteiger charge is 2.61. The SMILES string of the molecule is COc1ccc(CN2CCN(C)C(C)(C)C2)c(OC)c1-c1cccc2c(C[C@H](NC(=O)C3(C(F)(F)F)CCN(CC(F)(F)F)CC3)C(=O)O)cccc12. The van der Waals surface area contributed by atoms with Gasteiger partial charge in [0.2, 0.25) is 5.91 Å². The molecule has 2 N–H and O–H groups in total. The van der Waals surface area contributed by atoms with Gasteiger partial charge >= 0.3 is 18.3 Å². The number of aliphatic carboxylic acids is 1. The zero-order chi connectivity index (χ0) is 38.9. The Balaban J connectivity index is 1.46. The van der Waals surface area contributed by atoms with Crippen LogP contribution in [0.4, 0.5) is 26.3 Å². The summed E-state index contributed by atoms with van der Waals surface area (Å²) in [4.78, 5) is 31.3. The van der Waals surface area contributed by atoms with E-state index in [1.807, 2.05) is 24.3 Å². The second-order valence-corrected chi connectivity index (χ2v) is 14.6. The number of carboxylic acid groups (broad SMARTS) is 1. The second-order valence-electron chi connectivity index (χ2n) is 14.6. The molecule has 2 saturated heterocycles. The molecule has 0 saturated carbocycles. The number of alkyl halides is 6. The fraction of sp³-hybridized carbons (Fsp3) is 0.526. The molecule has 3 aromatic rings. The third-order valence-corrected chi connectivity index (χ3v) is 10.8. The van der Waals surface area contributed by atoms with Gasteiger partial charge in [-0.2, -0.15) is 26.3 Å². The number of benzene rings is 3. The van der Waals surface area contributed by atoms with Crippen LogP contribution in [0.1, 0.15) is 37.8 Å². The molecular weight excluding hydrogens is 706 g/mol. The summed E-state index contributed by atoms with van der Waals surface area (Å²) in [5.74, 6) is -1.98. The van der Waals surface area contributed by atoms with Gasteiger partial charge in [-0.05, 0) is 74.8 Å². The number of piperazine rings is 1. The Morgan fingerprint density at radius 2 is 1.53 bits per heavy atom. The van der Waals surface area contributed by atoms with Crippen LogP contribution in [-0.2, 0) is 22.6 Å². The van der Waals surface area contributed by atoms with Gasteiger partial charge in [0.15, 0.2) is 0 Å². The lowest BCUT2D eigenvalue weighted by Crippen LogP contribution is -2.59. The van der Waals surface area contributed by atoms with Crippen molar-refractivity contribution in [2.24, 2.45) is 5.41 Å². The number of hydrogen-bond acceptors (Lipinski definition) is 7. The Hall–Kier alpha value is -4.08. The third kappa shape index (κ3) is 8.52. The normalized spacial score (nSPS) is 19.2. The Morgan fingerprint density at radius 1 is 0.868 bits per heavy atom. The van der Waals surface area contributed by atoms with Crippen molar-refractivity contribution in [1.82, 2.24) is 20.0 Å². The number of likely N-dealkylation sites (N-methyl/N-ethyl adjacent to an activating group) is 1. The predicted octanol–water partition coefficient (Wildman–Crippen LogP) is 6.37. The van der Waals surface area contributed by atoms with E-state index in [4.69, 9.17) is 9.47 Å². The molecule has 2 aliphatic rings. The monoisotopic (exact) mass is 752 g/mol. The van der Waals surface area contributed by atoms with Crippen molar-refractivity contribution < 1.29 is 50.5 Å². The lowest BCUT2D eigenvalue weighted by Gasteiger charge is -2.45. The van der Waals surface area contributed by atoms with E-state index >= 15 is 0 Å². The number of carbonyl (C=O) groups excluding carboxylic acids is 1. The van der Waals surface area contributed by atoms with E-state index in [0.29, 0.717) is 39.9 Å². The quantitative estimate of drug-likeness (QED) is 0.219. The summed E-state index contributed by atoms with van der Waals surface area (Å²) in [6.07, 6.45) is -12.0. The minimum Gasteiger partial charge on any atom is -0.496 e. The van der Waals surface area contributed by atoms with Crippen LogP contribution >= 0.6 is 0 Å². The van der Waals surface area contributed by atoms with Gasteiger partial charge in [-0.15, -0.1) is 0 Å². The van der Waals surface area contributed by atoms with Gasteiger partial charge in [-0.1, -0.05) is 42.5 Å². The van der Waals surface area contributed by atoms with Crippen LogP contribution in [0.3, 0.4) is 0 Å². The van der Waals surface area contributed by atoms with Gasteiger partial charge in [0, 0.05) is 43.7 Å². The number of rotatable bonds is 11. The highest BCUT2D eigenvalue weighted by molar-refractivity contribution is 6.01. The van der Waals surface area contributed by atoms with E-state index in [1.165, 1.54) is 0 Å². The maximum absolute atomic E-state index is 14.5. The summed E-state index contributed by atoms with van der Waals surface area (Å²) in [6, 6.07) is 12.7. The standard InChI is InChI=1S/C38H46F6N4O5/c1-35(2)22-48(19-18-46(35)3)21-25-12-13-30(52-4)31(32(25)53-5)28-11-7-9-26-24(8-6-10-27(26)28)20-29(33(49)50)45-34(51)36(38(42,43)44)14-16-47(17-15-36)23-37(39,40)41/h6-13,29H,14-23H2,1-5H3,(H,45,51)(H,49,50)/t29-/m0/s1. The maximum atomic E-state index is 14.5. The molecule has 5 rings (SSSR count). The molecule has 53 heavy (non-hydrogen) atoms. The number of nitrogens with one attached hydrogen (secondary N) is 1. The minimum atomic E-state index is -5.12. The number of piperidine rings is 1. The zero-order valence-electron chi connectivity index (χ0n) is 30.5. The average Bonchev–Trinajstić information content (AvgIpc) is 3.08. The number of amides is 1. The minimum absolute atomic E-state index is 0.0262. The summed E-state index contributed by atoms with van der Waals surface area (Å²) in [5, 5.41) is 13.5. The molecule has 0 aromatic heterocycles. The summed E-state index contributed by atoms with van der Waals surface area (Å²) in [7, 11) is 5.24. The number of carbonyl (C=O) groups is 2. The van der Waals surface area contributed by atoms with Crippen LogP contribution in [0.5, 0.6) is 11.5 Å². The summed E-state index contributed by atoms with van der Waals surface area (Å²) in [5.41, 5.74) is -0.277. The van der Waals surface area contributed by atoms with Crippen LogP contribution in [0, 0.1) is 5.41 Å². The Labute approximate surface area is 304 Å². The van der Waals surface area contributed by atoms with Gasteiger partial charge in [0.25, 0.3) is 0 Å². The number of fused-ring (bicyclic) bond motifs is 1. The fourth-order valence-electron chi connectivity index (χ4n) is 7.58. The molecule has 0 spiro atoms. The van der Waals surface area contributed by atoms with Crippen LogP contribution < -0.4 is 14.8 Å². The predicted molar refractivity (Wildman–Crippen MR) is 188 cm³/mol. The molecule has 1 atom stereocenters. The van der Waals surface area contributed by atoms with Gasteiger partial charge < -0.3 is 19.9 Å². The first-order valence-electron chi connectivity index (χ1n) is 17.4. The van der Waals surface area contributed by atoms with E-state index in [1.54, 1.807) is 38.5 Å². The largest absolute Gasteiger partial charge is 0.496 e. The van der Waals surface area contributed by atoms with Crippen molar-refractivity contribution in [3.8, 4) is 22.6 Å². The molecule has 3 aromatic carbocycles. The van der Waals surface area contributed by atoms with Crippen molar-refractivity contribution >= 4 is 22.6 Å². The molecule has 0 aliphatic carbocycles. The van der Waals surface area contributed by atoms with Crippen LogP contribution in [0.15, 0.2) is 48.5 Å². The number of nitrogens with zero attached hydrogens (tertiary/aromatic N) is 3. The Morgan fingerprint density at radius 3 is 2.11 bits per heavy atom. The van der Waals surface area contributed by atoms with Crippen molar-refractivity contribution in [2.45, 2.75) is 63.6 Å². The summed E-state index contributed by atoms with van der Waals surface area (Å²) < 4.78 is 94.0. The van der Waals surface area contributed by atoms with Crippen LogP contribution in [0.2, 0.25) is 0 Å². The van der Waals surface area contributed by atoms with Crippen LogP contribution in [0.25, 0.3) is 21.9 Å². The molecular formula is C38H46F6N4O5. The molecule has 290 valence electrons. The molecule has 2 aliphatic heterocycles. The van der Waals surface area contributed by atoms with Crippen molar-refractivity contribution in [3.63, 3.8) is 0 Å². The molecule has 2 heterocycles. The smallest absolute Gasteiger partial charge is 0.403 e. The number of ether oxygens (including phenoxy) is 2. The summed E-state index contributed by atoms with van der Waals surface area (Å²) >= 11 is 0. The molecule has 1 amide bonds. The Bertz CT molecular complexity index is 1810. The first-order chi connectivity index (χ1) is 24.8. The van der Waals surface area contributed by atoms with Gasteiger partial charge in [-0.3, -0.25) is 19.5 Å². The second kappa shape index (κ2) is 15.3. The van der Waals surface area contributed by atoms with E-state index in [-0.39, 0.29) is 12.0 Å². The van der Waals surface area contributed by atoms with Gasteiger partial charge in [-0.25, -0.2) is 4.79 Å². The van der Waals surface area contributed by atoms with E-state index < -0.39 is 68.2 Å². The molecule has 0 bridgehead atoms. The lowest BCUT2D eigenvalue weighted by atomic mass is 9.76. The number of methoxy groups -OCH3 is 2. The lowest BCUT2D eigenvalue weighted by molar-refractivity contribution is -0.236. The Kier molecular flexibility index (Phi) is 11.6. The fourth-order valence-corrected chi connectivity index (χ4v) is 7.58. The van der Waals surface area contributed by atoms with E-state index in [9.17, 15) is 41.0 Å². The number of hydrogen-bond donors (Lipinski definition) is 2. The molecule has 9 nitrogen and oxygen atoms in total. The zero-order valence-corrected chi connectivity index (χ0v) is 30.5. The van der Waals surface area contributed by atoms with E-state index in [0.717, 1.165) is 35.7 Å². The first kappa shape index (κ1) is 40.1. The molecule has 0 unspecified atom stereocenters. The maximum Gasteiger partial charge on any atom is 0.403 e. The van der Waals surface area contributed by atoms with Crippen LogP contribution in [-0.4, -0.2) is 116 Å². The molecule has 15 heteroatoms. The van der Waals surface area contributed by atoms with Crippen molar-refractivity contribution in [2.75, 3.05) is 60.5 Å². The topological polar surface area (TPSA) is 94.6 Å². The van der Waals surface area contributed by atoms with Gasteiger partial charge in [0.05, 0.1) is 26.3 Å². The average molecular weight is 753 g/mol. The highest BCUT2D eigenvalue weighted by Crippen LogP contribution is 2.48. The number of carboxylic acids is 1.